The molecule has 1 aromatic carbocycles. The third kappa shape index (κ3) is 4.51. The number of aromatic nitrogens is 2. The number of amides is 1. The Labute approximate surface area is 128 Å². The van der Waals surface area contributed by atoms with Gasteiger partial charge in [0, 0.05) is 6.54 Å². The van der Waals surface area contributed by atoms with E-state index in [2.05, 4.69) is 15.5 Å². The second-order valence-corrected chi connectivity index (χ2v) is 5.33. The Bertz CT molecular complexity index is 586. The molecule has 0 radical (unpaired) electrons. The topological polar surface area (TPSA) is 58.1 Å². The molecule has 0 aliphatic carbocycles. The van der Waals surface area contributed by atoms with Crippen molar-refractivity contribution in [3.8, 4) is 0 Å². The van der Waals surface area contributed by atoms with Gasteiger partial charge in [0.1, 0.15) is 0 Å². The van der Waals surface area contributed by atoms with Crippen molar-refractivity contribution in [1.29, 1.82) is 0 Å². The quantitative estimate of drug-likeness (QED) is 0.919. The second-order valence-electron chi connectivity index (χ2n) is 4.94. The van der Waals surface area contributed by atoms with Gasteiger partial charge in [-0.3, -0.25) is 4.79 Å². The van der Waals surface area contributed by atoms with Crippen LogP contribution >= 0.6 is 11.6 Å². The Hall–Kier alpha value is -1.98. The van der Waals surface area contributed by atoms with Crippen molar-refractivity contribution in [3.63, 3.8) is 0 Å². The summed E-state index contributed by atoms with van der Waals surface area (Å²) < 4.78 is 0. The van der Waals surface area contributed by atoms with Crippen molar-refractivity contribution in [2.24, 2.45) is 0 Å². The van der Waals surface area contributed by atoms with E-state index < -0.39 is 0 Å². The Morgan fingerprint density at radius 2 is 1.90 bits per heavy atom. The SMILES string of the molecule is CN(C)CC(NC(=O)c1ccc(Cl)nn1)c1ccccc1. The van der Waals surface area contributed by atoms with E-state index in [1.807, 2.05) is 49.3 Å². The van der Waals surface area contributed by atoms with Crippen LogP contribution in [0.2, 0.25) is 5.15 Å². The summed E-state index contributed by atoms with van der Waals surface area (Å²) in [5.41, 5.74) is 1.29. The van der Waals surface area contributed by atoms with Crippen LogP contribution in [0.15, 0.2) is 42.5 Å². The number of rotatable bonds is 5. The number of nitrogens with zero attached hydrogens (tertiary/aromatic N) is 3. The fourth-order valence-electron chi connectivity index (χ4n) is 1.95. The summed E-state index contributed by atoms with van der Waals surface area (Å²) in [4.78, 5) is 14.3. The monoisotopic (exact) mass is 304 g/mol. The van der Waals surface area contributed by atoms with E-state index in [1.165, 1.54) is 0 Å². The molecule has 1 atom stereocenters. The first-order valence-electron chi connectivity index (χ1n) is 6.56. The van der Waals surface area contributed by atoms with Gasteiger partial charge in [0.2, 0.25) is 0 Å². The Balaban J connectivity index is 2.15. The highest BCUT2D eigenvalue weighted by Crippen LogP contribution is 2.14. The summed E-state index contributed by atoms with van der Waals surface area (Å²) in [5, 5.41) is 10.7. The maximum Gasteiger partial charge on any atom is 0.272 e. The lowest BCUT2D eigenvalue weighted by atomic mass is 10.1. The molecule has 0 fully saturated rings. The van der Waals surface area contributed by atoms with Crippen molar-refractivity contribution in [3.05, 3.63) is 58.9 Å². The molecule has 1 N–H and O–H groups in total. The molecule has 2 aromatic rings. The zero-order chi connectivity index (χ0) is 15.2. The van der Waals surface area contributed by atoms with E-state index >= 15 is 0 Å². The van der Waals surface area contributed by atoms with Crippen LogP contribution < -0.4 is 5.32 Å². The Morgan fingerprint density at radius 3 is 2.48 bits per heavy atom. The van der Waals surface area contributed by atoms with Crippen molar-refractivity contribution in [1.82, 2.24) is 20.4 Å². The summed E-state index contributed by atoms with van der Waals surface area (Å²) in [6.07, 6.45) is 0. The highest BCUT2D eigenvalue weighted by Gasteiger charge is 2.17. The van der Waals surface area contributed by atoms with Gasteiger partial charge in [-0.15, -0.1) is 10.2 Å². The van der Waals surface area contributed by atoms with Gasteiger partial charge in [0.05, 0.1) is 6.04 Å². The van der Waals surface area contributed by atoms with Crippen LogP contribution in [0.3, 0.4) is 0 Å². The molecule has 1 heterocycles. The lowest BCUT2D eigenvalue weighted by Crippen LogP contribution is -2.35. The van der Waals surface area contributed by atoms with Crippen LogP contribution in [0.4, 0.5) is 0 Å². The molecule has 6 heteroatoms. The summed E-state index contributed by atoms with van der Waals surface area (Å²) in [6, 6.07) is 12.8. The molecule has 0 saturated heterocycles. The maximum atomic E-state index is 12.2. The van der Waals surface area contributed by atoms with E-state index in [4.69, 9.17) is 11.6 Å². The van der Waals surface area contributed by atoms with E-state index in [0.29, 0.717) is 6.54 Å². The van der Waals surface area contributed by atoms with Gasteiger partial charge in [0.15, 0.2) is 10.8 Å². The Morgan fingerprint density at radius 1 is 1.19 bits per heavy atom. The van der Waals surface area contributed by atoms with Gasteiger partial charge in [-0.05, 0) is 31.8 Å². The van der Waals surface area contributed by atoms with Crippen LogP contribution in [0, 0.1) is 0 Å². The van der Waals surface area contributed by atoms with Gasteiger partial charge < -0.3 is 10.2 Å². The fraction of sp³-hybridized carbons (Fsp3) is 0.267. The molecule has 110 valence electrons. The van der Waals surface area contributed by atoms with Gasteiger partial charge in [0.25, 0.3) is 5.91 Å². The van der Waals surface area contributed by atoms with Crippen LogP contribution in [0.1, 0.15) is 22.1 Å². The van der Waals surface area contributed by atoms with Crippen LogP contribution in [-0.4, -0.2) is 41.6 Å². The number of likely N-dealkylation sites (N-methyl/N-ethyl adjacent to an activating group) is 1. The molecule has 1 aromatic heterocycles. The third-order valence-corrected chi connectivity index (χ3v) is 3.12. The van der Waals surface area contributed by atoms with Crippen molar-refractivity contribution in [2.45, 2.75) is 6.04 Å². The molecule has 2 rings (SSSR count). The molecule has 0 spiro atoms. The second kappa shape index (κ2) is 7.15. The molecular formula is C15H17ClN4O. The highest BCUT2D eigenvalue weighted by atomic mass is 35.5. The first-order chi connectivity index (χ1) is 10.1. The van der Waals surface area contributed by atoms with Gasteiger partial charge in [-0.25, -0.2) is 0 Å². The van der Waals surface area contributed by atoms with Gasteiger partial charge in [-0.1, -0.05) is 41.9 Å². The average Bonchev–Trinajstić information content (AvgIpc) is 2.47. The van der Waals surface area contributed by atoms with Crippen molar-refractivity contribution >= 4 is 17.5 Å². The van der Waals surface area contributed by atoms with Crippen LogP contribution in [-0.2, 0) is 0 Å². The first kappa shape index (κ1) is 15.4. The van der Waals surface area contributed by atoms with Crippen LogP contribution in [0.25, 0.3) is 0 Å². The molecule has 5 nitrogen and oxygen atoms in total. The summed E-state index contributed by atoms with van der Waals surface area (Å²) in [5.74, 6) is -0.269. The number of nitrogens with one attached hydrogen (secondary N) is 1. The number of halogens is 1. The molecule has 0 aliphatic heterocycles. The minimum Gasteiger partial charge on any atom is -0.343 e. The van der Waals surface area contributed by atoms with Crippen molar-refractivity contribution < 1.29 is 4.79 Å². The average molecular weight is 305 g/mol. The zero-order valence-electron chi connectivity index (χ0n) is 12.0. The fourth-order valence-corrected chi connectivity index (χ4v) is 2.05. The largest absolute Gasteiger partial charge is 0.343 e. The summed E-state index contributed by atoms with van der Waals surface area (Å²) in [7, 11) is 3.92. The molecule has 21 heavy (non-hydrogen) atoms. The van der Waals surface area contributed by atoms with Crippen molar-refractivity contribution in [2.75, 3.05) is 20.6 Å². The van der Waals surface area contributed by atoms with Gasteiger partial charge >= 0.3 is 0 Å². The normalized spacial score (nSPS) is 12.2. The number of carbonyl (C=O) groups excluding carboxylic acids is 1. The highest BCUT2D eigenvalue weighted by molar-refractivity contribution is 6.29. The predicted octanol–water partition coefficient (Wildman–Crippen LogP) is 2.16. The summed E-state index contributed by atoms with van der Waals surface area (Å²) >= 11 is 5.67. The molecule has 0 aliphatic rings. The lowest BCUT2D eigenvalue weighted by Gasteiger charge is -2.22. The zero-order valence-corrected chi connectivity index (χ0v) is 12.7. The first-order valence-corrected chi connectivity index (χ1v) is 6.94. The Kier molecular flexibility index (Phi) is 5.25. The summed E-state index contributed by atoms with van der Waals surface area (Å²) in [6.45, 7) is 0.691. The molecule has 0 bridgehead atoms. The standard InChI is InChI=1S/C15H17ClN4O/c1-20(2)10-13(11-6-4-3-5-7-11)17-15(21)12-8-9-14(16)19-18-12/h3-9,13H,10H2,1-2H3,(H,17,21). The predicted molar refractivity (Wildman–Crippen MR) is 82.2 cm³/mol. The lowest BCUT2D eigenvalue weighted by molar-refractivity contribution is 0.0924. The van der Waals surface area contributed by atoms with E-state index in [0.717, 1.165) is 5.56 Å². The number of hydrogen-bond acceptors (Lipinski definition) is 4. The van der Waals surface area contributed by atoms with E-state index in [-0.39, 0.29) is 22.8 Å². The molecule has 1 amide bonds. The third-order valence-electron chi connectivity index (χ3n) is 2.92. The minimum atomic E-state index is -0.269. The number of hydrogen-bond donors (Lipinski definition) is 1. The smallest absolute Gasteiger partial charge is 0.272 e. The van der Waals surface area contributed by atoms with E-state index in [1.54, 1.807) is 12.1 Å². The van der Waals surface area contributed by atoms with Crippen LogP contribution in [0.5, 0.6) is 0 Å². The minimum absolute atomic E-state index is 0.119. The number of benzene rings is 1. The van der Waals surface area contributed by atoms with E-state index in [9.17, 15) is 4.79 Å². The molecule has 1 unspecified atom stereocenters. The molecular weight excluding hydrogens is 288 g/mol. The number of carbonyl (C=O) groups is 1. The molecule has 0 saturated carbocycles. The maximum absolute atomic E-state index is 12.2. The van der Waals surface area contributed by atoms with Gasteiger partial charge in [-0.2, -0.15) is 0 Å².